The molecule has 4 atom stereocenters. The Bertz CT molecular complexity index is 1450. The molecule has 230 valence electrons. The predicted octanol–water partition coefficient (Wildman–Crippen LogP) is -1.93. The lowest BCUT2D eigenvalue weighted by Gasteiger charge is -2.25. The van der Waals surface area contributed by atoms with Crippen LogP contribution in [-0.4, -0.2) is 79.7 Å². The summed E-state index contributed by atoms with van der Waals surface area (Å²) in [6.45, 7) is 0. The Morgan fingerprint density at radius 2 is 1.42 bits per heavy atom. The molecule has 0 aliphatic rings. The van der Waals surface area contributed by atoms with Crippen LogP contribution in [0.1, 0.15) is 36.9 Å². The molecule has 0 fully saturated rings. The Kier molecular flexibility index (Phi) is 11.3. The van der Waals surface area contributed by atoms with Gasteiger partial charge in [-0.15, -0.1) is 0 Å². The number of aliphatic carboxylic acids is 1. The van der Waals surface area contributed by atoms with Crippen molar-refractivity contribution < 1.29 is 33.9 Å². The van der Waals surface area contributed by atoms with Gasteiger partial charge in [-0.25, -0.2) is 9.78 Å². The van der Waals surface area contributed by atoms with Crippen molar-refractivity contribution in [2.45, 2.75) is 62.7 Å². The van der Waals surface area contributed by atoms with Gasteiger partial charge in [0.1, 0.15) is 18.1 Å². The van der Waals surface area contributed by atoms with Gasteiger partial charge in [-0.3, -0.25) is 24.0 Å². The van der Waals surface area contributed by atoms with Crippen LogP contribution in [0, 0.1) is 0 Å². The van der Waals surface area contributed by atoms with Gasteiger partial charge in [0.25, 0.3) is 0 Å². The van der Waals surface area contributed by atoms with Crippen LogP contribution >= 0.6 is 0 Å². The average molecular weight is 598 g/mol. The Balaban J connectivity index is 1.85. The molecule has 16 heteroatoms. The Hall–Kier alpha value is -5.25. The second kappa shape index (κ2) is 15.1. The number of nitrogens with zero attached hydrogens (tertiary/aromatic N) is 1. The van der Waals surface area contributed by atoms with E-state index < -0.39 is 59.7 Å². The number of nitrogens with two attached hydrogens (primary N) is 3. The van der Waals surface area contributed by atoms with E-state index in [0.717, 1.165) is 10.9 Å². The second-order valence-electron chi connectivity index (χ2n) is 9.98. The second-order valence-corrected chi connectivity index (χ2v) is 9.98. The number of nitrogens with one attached hydrogen (secondary N) is 5. The number of aromatic nitrogens is 3. The van der Waals surface area contributed by atoms with E-state index in [9.17, 15) is 33.9 Å². The molecule has 0 saturated heterocycles. The van der Waals surface area contributed by atoms with E-state index in [4.69, 9.17) is 17.2 Å². The van der Waals surface area contributed by atoms with E-state index in [-0.39, 0.29) is 38.5 Å². The minimum absolute atomic E-state index is 0.00111. The molecule has 0 aliphatic carbocycles. The fourth-order valence-electron chi connectivity index (χ4n) is 4.35. The number of benzene rings is 1. The first-order valence-electron chi connectivity index (χ1n) is 13.4. The number of para-hydroxylation sites is 1. The van der Waals surface area contributed by atoms with Crippen molar-refractivity contribution in [3.05, 3.63) is 54.2 Å². The number of carboxylic acid groups (broad SMARTS) is 1. The highest BCUT2D eigenvalue weighted by atomic mass is 16.4. The van der Waals surface area contributed by atoms with Gasteiger partial charge in [0.05, 0.1) is 12.4 Å². The first-order valence-corrected chi connectivity index (χ1v) is 13.4. The van der Waals surface area contributed by atoms with Crippen LogP contribution in [-0.2, 0) is 41.6 Å². The van der Waals surface area contributed by atoms with Crippen LogP contribution in [0.3, 0.4) is 0 Å². The van der Waals surface area contributed by atoms with Gasteiger partial charge in [-0.2, -0.15) is 0 Å². The smallest absolute Gasteiger partial charge is 0.326 e. The van der Waals surface area contributed by atoms with Crippen LogP contribution in [0.4, 0.5) is 0 Å². The zero-order valence-corrected chi connectivity index (χ0v) is 23.2. The molecular weight excluding hydrogens is 562 g/mol. The molecule has 16 nitrogen and oxygen atoms in total. The third kappa shape index (κ3) is 9.67. The summed E-state index contributed by atoms with van der Waals surface area (Å²) in [6, 6.07) is 2.19. The number of rotatable bonds is 17. The highest BCUT2D eigenvalue weighted by molar-refractivity contribution is 5.95. The molecule has 12 N–H and O–H groups in total. The van der Waals surface area contributed by atoms with Gasteiger partial charge < -0.3 is 48.2 Å². The van der Waals surface area contributed by atoms with Gasteiger partial charge >= 0.3 is 5.97 Å². The molecule has 1 aromatic carbocycles. The lowest BCUT2D eigenvalue weighted by molar-refractivity contribution is -0.142. The SMILES string of the molecule is NC(=O)CCC(N)C(=O)NC(Cc1c[nH]c2ccccc12)C(=O)NC(Cc1cnc[nH]1)C(=O)NC(CCC(N)=O)C(=O)O. The molecule has 2 heterocycles. The standard InChI is InChI=1S/C27H35N9O7/c28-17(5-7-22(29)37)24(39)35-20(9-14-11-32-18-4-2-1-3-16(14)18)25(40)36-21(10-15-12-31-13-33-15)26(41)34-19(27(42)43)6-8-23(30)38/h1-4,11-13,17,19-21,32H,5-10,28H2,(H2,29,37)(H2,30,38)(H,31,33)(H,34,41)(H,35,39)(H,36,40)(H,42,43). The number of carbonyl (C=O) groups excluding carboxylic acids is 5. The number of imidazole rings is 1. The number of amides is 5. The number of aromatic amines is 2. The van der Waals surface area contributed by atoms with Gasteiger partial charge in [-0.1, -0.05) is 18.2 Å². The molecule has 0 saturated carbocycles. The molecule has 0 radical (unpaired) electrons. The third-order valence-corrected chi connectivity index (χ3v) is 6.68. The maximum atomic E-state index is 13.7. The molecule has 0 aliphatic heterocycles. The number of primary amides is 2. The zero-order valence-electron chi connectivity index (χ0n) is 23.2. The van der Waals surface area contributed by atoms with Crippen LogP contribution in [0.15, 0.2) is 43.0 Å². The maximum absolute atomic E-state index is 13.7. The van der Waals surface area contributed by atoms with Crippen molar-refractivity contribution in [3.8, 4) is 0 Å². The van der Waals surface area contributed by atoms with Gasteiger partial charge in [0.2, 0.25) is 29.5 Å². The molecule has 3 aromatic rings. The van der Waals surface area contributed by atoms with Crippen LogP contribution in [0.5, 0.6) is 0 Å². The number of fused-ring (bicyclic) bond motifs is 1. The molecule has 3 rings (SSSR count). The van der Waals surface area contributed by atoms with E-state index >= 15 is 0 Å². The van der Waals surface area contributed by atoms with E-state index in [1.165, 1.54) is 12.5 Å². The Morgan fingerprint density at radius 1 is 0.814 bits per heavy atom. The molecule has 4 unspecified atom stereocenters. The molecule has 2 aromatic heterocycles. The largest absolute Gasteiger partial charge is 0.480 e. The summed E-state index contributed by atoms with van der Waals surface area (Å²) in [7, 11) is 0. The fraction of sp³-hybridized carbons (Fsp3) is 0.370. The zero-order chi connectivity index (χ0) is 31.5. The van der Waals surface area contributed by atoms with Gasteiger partial charge in [-0.05, 0) is 24.5 Å². The monoisotopic (exact) mass is 597 g/mol. The Labute approximate surface area is 245 Å². The fourth-order valence-corrected chi connectivity index (χ4v) is 4.35. The molecule has 0 bridgehead atoms. The van der Waals surface area contributed by atoms with E-state index in [1.807, 2.05) is 24.3 Å². The maximum Gasteiger partial charge on any atom is 0.326 e. The highest BCUT2D eigenvalue weighted by Crippen LogP contribution is 2.19. The summed E-state index contributed by atoms with van der Waals surface area (Å²) in [4.78, 5) is 83.7. The predicted molar refractivity (Wildman–Crippen MR) is 153 cm³/mol. The van der Waals surface area contributed by atoms with E-state index in [0.29, 0.717) is 11.3 Å². The number of hydrogen-bond donors (Lipinski definition) is 9. The van der Waals surface area contributed by atoms with Gasteiger partial charge in [0, 0.05) is 54.7 Å². The topological polar surface area (TPSA) is 281 Å². The molecule has 5 amide bonds. The summed E-state index contributed by atoms with van der Waals surface area (Å²) in [5.74, 6) is -5.10. The quantitative estimate of drug-likeness (QED) is 0.0836. The Morgan fingerprint density at radius 3 is 2.05 bits per heavy atom. The van der Waals surface area contributed by atoms with Crippen LogP contribution < -0.4 is 33.2 Å². The summed E-state index contributed by atoms with van der Waals surface area (Å²) in [5, 5.41) is 17.9. The summed E-state index contributed by atoms with van der Waals surface area (Å²) >= 11 is 0. The minimum atomic E-state index is -1.45. The molecule has 43 heavy (non-hydrogen) atoms. The average Bonchev–Trinajstić information content (AvgIpc) is 3.62. The van der Waals surface area contributed by atoms with E-state index in [1.54, 1.807) is 6.20 Å². The van der Waals surface area contributed by atoms with Gasteiger partial charge in [0.15, 0.2) is 0 Å². The normalized spacial score (nSPS) is 13.8. The van der Waals surface area contributed by atoms with Crippen molar-refractivity contribution in [2.24, 2.45) is 17.2 Å². The minimum Gasteiger partial charge on any atom is -0.480 e. The number of H-pyrrole nitrogens is 2. The van der Waals surface area contributed by atoms with Crippen molar-refractivity contribution in [1.82, 2.24) is 30.9 Å². The van der Waals surface area contributed by atoms with Crippen molar-refractivity contribution >= 4 is 46.4 Å². The molecule has 0 spiro atoms. The van der Waals surface area contributed by atoms with Crippen molar-refractivity contribution in [3.63, 3.8) is 0 Å². The van der Waals surface area contributed by atoms with Crippen molar-refractivity contribution in [1.29, 1.82) is 0 Å². The van der Waals surface area contributed by atoms with E-state index in [2.05, 4.69) is 30.9 Å². The highest BCUT2D eigenvalue weighted by Gasteiger charge is 2.31. The number of carbonyl (C=O) groups is 6. The summed E-state index contributed by atoms with van der Waals surface area (Å²) in [5.41, 5.74) is 18.2. The first-order chi connectivity index (χ1) is 20.4. The lowest BCUT2D eigenvalue weighted by Crippen LogP contribution is -2.58. The molecular formula is C27H35N9O7. The summed E-state index contributed by atoms with van der Waals surface area (Å²) in [6.07, 6.45) is 3.65. The first kappa shape index (κ1) is 32.3. The van der Waals surface area contributed by atoms with Crippen molar-refractivity contribution in [2.75, 3.05) is 0 Å². The summed E-state index contributed by atoms with van der Waals surface area (Å²) < 4.78 is 0. The lowest BCUT2D eigenvalue weighted by atomic mass is 10.0. The van der Waals surface area contributed by atoms with Crippen LogP contribution in [0.25, 0.3) is 10.9 Å². The number of hydrogen-bond acceptors (Lipinski definition) is 8. The third-order valence-electron chi connectivity index (χ3n) is 6.68. The number of carboxylic acids is 1. The van der Waals surface area contributed by atoms with Crippen LogP contribution in [0.2, 0.25) is 0 Å².